The standard InChI is InChI=1S/C24H32N2O2.C14H20INO.C10H12ClNO2.C10H11NO2.C10H13NO.C8H11NO.C2H2Cl2O.CH4/c1-16-7-8-21-19(11-16)15-28-10-9-26(21)20-12-17(2)23(18(3)13-20)25-22(27)14-24(4,5)6;1-9-6-11(15)7-10(2)13(9)16-12(17)8-14(3,4)5;1-7-2-3-9(8(4-7)6-13)12-10(14)5-11;1-7-2-3-9-8(4-7)5-13-6-10(12)11-9;1-8-2-3-10-9(6-8)7-12-5-4-11-10;1-6-2-3-8(9)7(4-6)5-10;3-1-2(4)5;/h7-8,11-13H,9-10,14-15H2,1-6H3,(H,25,27);6-7H,8H2,1-5H3,(H,16,17);2-4,13H,5-6H2,1H3,(H,12,14);2-4H,5-6H2,1H3,(H,11,12);2-3,6,11H,4-5,7H2,1H3;2-4,10H,5,9H2,1H3;1H2;1H4. The Balaban J connectivity index is 0.000000318. The number of carbonyl (C=O) groups is 5. The molecule has 7 aromatic rings. The lowest BCUT2D eigenvalue weighted by Gasteiger charge is -2.27. The van der Waals surface area contributed by atoms with E-state index in [2.05, 4.69) is 184 Å². The molecule has 10 rings (SSSR count). The van der Waals surface area contributed by atoms with Crippen molar-refractivity contribution in [1.82, 2.24) is 0 Å². The summed E-state index contributed by atoms with van der Waals surface area (Å²) in [6, 6.07) is 38.4. The summed E-state index contributed by atoms with van der Waals surface area (Å²) < 4.78 is 17.6. The quantitative estimate of drug-likeness (QED) is 0.0275. The van der Waals surface area contributed by atoms with Crippen LogP contribution < -0.4 is 37.2 Å². The van der Waals surface area contributed by atoms with Crippen LogP contribution in [0.5, 0.6) is 0 Å². The number of alkyl halides is 2. The number of carbonyl (C=O) groups excluding carboxylic acids is 5. The molecular formula is C79H105Cl3IN7O10. The zero-order valence-electron chi connectivity index (χ0n) is 60.1. The second-order valence-corrected chi connectivity index (χ2v) is 29.2. The van der Waals surface area contributed by atoms with Crippen LogP contribution in [0, 0.1) is 76.7 Å². The summed E-state index contributed by atoms with van der Waals surface area (Å²) in [7, 11) is 0. The fourth-order valence-electron chi connectivity index (χ4n) is 10.4. The molecule has 0 radical (unpaired) electrons. The second kappa shape index (κ2) is 43.0. The molecule has 100 heavy (non-hydrogen) atoms. The van der Waals surface area contributed by atoms with Gasteiger partial charge < -0.3 is 61.6 Å². The van der Waals surface area contributed by atoms with E-state index >= 15 is 0 Å². The number of benzene rings is 7. The molecule has 17 nitrogen and oxygen atoms in total. The van der Waals surface area contributed by atoms with Crippen molar-refractivity contribution in [2.24, 2.45) is 10.8 Å². The first kappa shape index (κ1) is 87.1. The maximum absolute atomic E-state index is 12.4. The summed E-state index contributed by atoms with van der Waals surface area (Å²) in [6.07, 6.45) is 1.04. The third-order valence-electron chi connectivity index (χ3n) is 15.0. The molecule has 3 heterocycles. The molecule has 21 heteroatoms. The summed E-state index contributed by atoms with van der Waals surface area (Å²) in [5.74, 6) is -0.381. The van der Waals surface area contributed by atoms with Gasteiger partial charge in [-0.1, -0.05) is 137 Å². The third kappa shape index (κ3) is 31.4. The van der Waals surface area contributed by atoms with E-state index in [0.29, 0.717) is 49.6 Å². The van der Waals surface area contributed by atoms with E-state index in [1.165, 1.54) is 42.8 Å². The number of aliphatic hydroxyl groups is 2. The number of nitrogens with zero attached hydrogens (tertiary/aromatic N) is 1. The van der Waals surface area contributed by atoms with Crippen molar-refractivity contribution in [3.8, 4) is 0 Å². The van der Waals surface area contributed by atoms with Gasteiger partial charge in [0.2, 0.25) is 28.9 Å². The number of rotatable bonds is 10. The fraction of sp³-hybridized carbons (Fsp3) is 0.405. The zero-order chi connectivity index (χ0) is 73.7. The van der Waals surface area contributed by atoms with Crippen molar-refractivity contribution >= 4 is 132 Å². The molecule has 0 fully saturated rings. The highest BCUT2D eigenvalue weighted by Crippen LogP contribution is 2.36. The van der Waals surface area contributed by atoms with Crippen LogP contribution in [-0.4, -0.2) is 83.8 Å². The molecule has 0 bridgehead atoms. The normalized spacial score (nSPS) is 12.7. The first-order valence-corrected chi connectivity index (χ1v) is 35.2. The molecule has 0 spiro atoms. The molecule has 3 aliphatic heterocycles. The van der Waals surface area contributed by atoms with Crippen molar-refractivity contribution in [1.29, 1.82) is 0 Å². The van der Waals surface area contributed by atoms with E-state index in [9.17, 15) is 24.0 Å². The van der Waals surface area contributed by atoms with Crippen LogP contribution in [0.15, 0.2) is 115 Å². The fourth-order valence-corrected chi connectivity index (χ4v) is 11.4. The summed E-state index contributed by atoms with van der Waals surface area (Å²) in [6.45, 7) is 35.9. The lowest BCUT2D eigenvalue weighted by Crippen LogP contribution is -2.22. The number of aliphatic hydroxyl groups excluding tert-OH is 2. The van der Waals surface area contributed by atoms with Gasteiger partial charge in [0.1, 0.15) is 12.5 Å². The van der Waals surface area contributed by atoms with Crippen molar-refractivity contribution in [2.45, 2.75) is 157 Å². The summed E-state index contributed by atoms with van der Waals surface area (Å²) in [4.78, 5) is 58.2. The Kier molecular flexibility index (Phi) is 37.4. The molecule has 0 atom stereocenters. The number of halogens is 4. The van der Waals surface area contributed by atoms with Crippen LogP contribution in [0.4, 0.5) is 45.5 Å². The number of hydrogen-bond acceptors (Lipinski definition) is 13. The molecule has 0 aliphatic carbocycles. The Morgan fingerprint density at radius 1 is 0.550 bits per heavy atom. The van der Waals surface area contributed by atoms with Gasteiger partial charge in [-0.3, -0.25) is 24.0 Å². The van der Waals surface area contributed by atoms with Crippen molar-refractivity contribution < 1.29 is 48.4 Å². The molecule has 0 saturated carbocycles. The molecule has 544 valence electrons. The van der Waals surface area contributed by atoms with E-state index in [-0.39, 0.29) is 73.5 Å². The predicted octanol–water partition coefficient (Wildman–Crippen LogP) is 17.7. The zero-order valence-corrected chi connectivity index (χ0v) is 64.5. The smallest absolute Gasteiger partial charge is 0.250 e. The molecule has 3 aliphatic rings. The third-order valence-corrected chi connectivity index (χ3v) is 16.4. The van der Waals surface area contributed by atoms with Gasteiger partial charge in [-0.25, -0.2) is 0 Å². The molecule has 7 aromatic carbocycles. The van der Waals surface area contributed by atoms with Crippen molar-refractivity contribution in [2.75, 3.05) is 81.9 Å². The number of ether oxygens (including phenoxy) is 3. The van der Waals surface area contributed by atoms with E-state index in [0.717, 1.165) is 93.6 Å². The summed E-state index contributed by atoms with van der Waals surface area (Å²) in [5.41, 5.74) is 28.4. The van der Waals surface area contributed by atoms with E-state index in [1.807, 2.05) is 77.1 Å². The van der Waals surface area contributed by atoms with Gasteiger partial charge in [0.05, 0.1) is 52.1 Å². The van der Waals surface area contributed by atoms with Gasteiger partial charge in [-0.2, -0.15) is 0 Å². The molecule has 0 unspecified atom stereocenters. The number of fused-ring (bicyclic) bond motifs is 3. The molecule has 9 N–H and O–H groups in total. The van der Waals surface area contributed by atoms with Crippen LogP contribution in [0.2, 0.25) is 0 Å². The number of hydrogen-bond donors (Lipinski definition) is 8. The number of nitrogens with two attached hydrogens (primary N) is 1. The van der Waals surface area contributed by atoms with Gasteiger partial charge >= 0.3 is 0 Å². The minimum atomic E-state index is -0.508. The highest BCUT2D eigenvalue weighted by molar-refractivity contribution is 14.1. The predicted molar refractivity (Wildman–Crippen MR) is 423 cm³/mol. The largest absolute Gasteiger partial charge is 0.398 e. The highest BCUT2D eigenvalue weighted by Gasteiger charge is 2.22. The summed E-state index contributed by atoms with van der Waals surface area (Å²) in [5, 5.41) is 32.2. The first-order valence-electron chi connectivity index (χ1n) is 32.7. The van der Waals surface area contributed by atoms with E-state index in [4.69, 9.17) is 65.0 Å². The lowest BCUT2D eigenvalue weighted by molar-refractivity contribution is -0.120. The Hall–Kier alpha value is -7.11. The Morgan fingerprint density at radius 3 is 1.50 bits per heavy atom. The Bertz CT molecular complexity index is 3810. The molecule has 4 amide bonds. The van der Waals surface area contributed by atoms with Gasteiger partial charge in [-0.15, -0.1) is 23.2 Å². The minimum absolute atomic E-state index is 0. The molecule has 0 saturated heterocycles. The summed E-state index contributed by atoms with van der Waals surface area (Å²) >= 11 is 17.2. The average Bonchev–Trinajstić information content (AvgIpc) is 1.23. The Morgan fingerprint density at radius 2 is 0.990 bits per heavy atom. The number of nitrogen functional groups attached to an aromatic ring is 1. The highest BCUT2D eigenvalue weighted by atomic mass is 127. The number of amides is 4. The maximum atomic E-state index is 12.4. The van der Waals surface area contributed by atoms with E-state index < -0.39 is 5.24 Å². The number of nitrogens with one attached hydrogen (secondary N) is 5. The van der Waals surface area contributed by atoms with Crippen LogP contribution in [0.3, 0.4) is 0 Å². The topological polar surface area (TPSA) is 243 Å². The van der Waals surface area contributed by atoms with Crippen LogP contribution in [0.1, 0.15) is 140 Å². The van der Waals surface area contributed by atoms with Crippen LogP contribution in [0.25, 0.3) is 0 Å². The first-order chi connectivity index (χ1) is 46.6. The van der Waals surface area contributed by atoms with Crippen LogP contribution in [-0.2, 0) is 71.2 Å². The number of aryl methyl sites for hydroxylation is 9. The van der Waals surface area contributed by atoms with E-state index in [1.54, 1.807) is 12.1 Å². The molecular weight excluding hydrogens is 1440 g/mol. The van der Waals surface area contributed by atoms with Gasteiger partial charge in [0, 0.05) is 103 Å². The van der Waals surface area contributed by atoms with Gasteiger partial charge in [0.15, 0.2) is 0 Å². The number of anilines is 8. The van der Waals surface area contributed by atoms with Crippen LogP contribution >= 0.6 is 57.4 Å². The SMILES string of the molecule is C.Cc1cc(I)cc(C)c1NC(=O)CC(C)(C)C.Cc1ccc(N)c(CO)c1.Cc1ccc(NC(=O)CCl)c(CO)c1.Cc1ccc2c(c1)COCC(=O)N2.Cc1ccc2c(c1)COCCN2.Cc1ccc2c(c1)COCCN2c1cc(C)c(NC(=O)CC(C)(C)C)c(C)c1.O=C(Cl)CCl. The van der Waals surface area contributed by atoms with Gasteiger partial charge in [-0.05, 0) is 184 Å². The maximum Gasteiger partial charge on any atom is 0.250 e. The van der Waals surface area contributed by atoms with Crippen molar-refractivity contribution in [3.63, 3.8) is 0 Å². The Labute approximate surface area is 622 Å². The van der Waals surface area contributed by atoms with Gasteiger partial charge in [0.25, 0.3) is 0 Å². The second-order valence-electron chi connectivity index (χ2n) is 27.0. The average molecular weight is 1550 g/mol. The lowest BCUT2D eigenvalue weighted by atomic mass is 9.92. The monoisotopic (exact) mass is 1540 g/mol. The minimum Gasteiger partial charge on any atom is -0.398 e. The molecule has 0 aromatic heterocycles. The van der Waals surface area contributed by atoms with Crippen molar-refractivity contribution in [3.05, 3.63) is 197 Å².